The molecule has 3 rings (SSSR count). The molecular weight excluding hydrogens is 402 g/mol. The number of carbonyl (C=O) groups is 1. The highest BCUT2D eigenvalue weighted by atomic mass is 19.4. The summed E-state index contributed by atoms with van der Waals surface area (Å²) in [5.74, 6) is -1.25. The molecule has 0 spiro atoms. The summed E-state index contributed by atoms with van der Waals surface area (Å²) in [7, 11) is 0. The van der Waals surface area contributed by atoms with Crippen LogP contribution in [0.2, 0.25) is 0 Å². The van der Waals surface area contributed by atoms with E-state index >= 15 is 0 Å². The van der Waals surface area contributed by atoms with Crippen LogP contribution in [0.5, 0.6) is 11.6 Å². The van der Waals surface area contributed by atoms with Gasteiger partial charge in [0, 0.05) is 11.6 Å². The lowest BCUT2D eigenvalue weighted by molar-refractivity contribution is -0.138. The van der Waals surface area contributed by atoms with Gasteiger partial charge in [0.05, 0.1) is 11.1 Å². The van der Waals surface area contributed by atoms with Gasteiger partial charge in [0.2, 0.25) is 11.7 Å². The van der Waals surface area contributed by atoms with Crippen LogP contribution < -0.4 is 4.74 Å². The first-order valence-corrected chi connectivity index (χ1v) is 7.93. The quantitative estimate of drug-likeness (QED) is 0.417. The van der Waals surface area contributed by atoms with Crippen LogP contribution in [0.4, 0.5) is 26.3 Å². The van der Waals surface area contributed by atoms with Crippen LogP contribution in [0, 0.1) is 0 Å². The zero-order valence-electron chi connectivity index (χ0n) is 14.3. The molecule has 2 aromatic carbocycles. The number of hydrogen-bond acceptors (Lipinski definition) is 4. The van der Waals surface area contributed by atoms with E-state index in [0.29, 0.717) is 6.07 Å². The molecule has 0 N–H and O–H groups in total. The minimum atomic E-state index is -4.63. The van der Waals surface area contributed by atoms with E-state index in [2.05, 4.69) is 9.97 Å². The van der Waals surface area contributed by atoms with Gasteiger partial charge in [-0.3, -0.25) is 4.79 Å². The van der Waals surface area contributed by atoms with Gasteiger partial charge in [-0.15, -0.1) is 0 Å². The first-order valence-electron chi connectivity index (χ1n) is 7.93. The van der Waals surface area contributed by atoms with E-state index in [1.165, 1.54) is 12.1 Å². The summed E-state index contributed by atoms with van der Waals surface area (Å²) in [4.78, 5) is 19.9. The van der Waals surface area contributed by atoms with Crippen molar-refractivity contribution in [1.82, 2.24) is 9.97 Å². The normalized spacial score (nSPS) is 11.9. The SMILES string of the molecule is O=C(c1cccc(C(F)(F)F)c1)c1cc(Oc2cccc(C(F)(F)F)c2)ncn1. The van der Waals surface area contributed by atoms with Gasteiger partial charge in [0.25, 0.3) is 0 Å². The highest BCUT2D eigenvalue weighted by Crippen LogP contribution is 2.33. The molecule has 3 aromatic rings. The molecule has 1 heterocycles. The molecule has 0 aliphatic rings. The fraction of sp³-hybridized carbons (Fsp3) is 0.105. The van der Waals surface area contributed by atoms with Crippen molar-refractivity contribution < 1.29 is 35.9 Å². The predicted molar refractivity (Wildman–Crippen MR) is 88.4 cm³/mol. The van der Waals surface area contributed by atoms with Gasteiger partial charge in [0.15, 0.2) is 0 Å². The van der Waals surface area contributed by atoms with Gasteiger partial charge in [0.1, 0.15) is 17.8 Å². The number of benzene rings is 2. The van der Waals surface area contributed by atoms with Gasteiger partial charge in [-0.05, 0) is 30.3 Å². The number of nitrogens with zero attached hydrogens (tertiary/aromatic N) is 2. The second kappa shape index (κ2) is 7.53. The predicted octanol–water partition coefficient (Wildman–Crippen LogP) is 5.54. The summed E-state index contributed by atoms with van der Waals surface area (Å²) in [6, 6.07) is 8.79. The molecule has 29 heavy (non-hydrogen) atoms. The number of ketones is 1. The lowest BCUT2D eigenvalue weighted by Gasteiger charge is -2.10. The molecule has 150 valence electrons. The molecule has 0 atom stereocenters. The summed E-state index contributed by atoms with van der Waals surface area (Å²) < 4.78 is 82.0. The maximum Gasteiger partial charge on any atom is 0.416 e. The molecule has 0 radical (unpaired) electrons. The summed E-state index contributed by atoms with van der Waals surface area (Å²) >= 11 is 0. The molecule has 0 unspecified atom stereocenters. The van der Waals surface area contributed by atoms with E-state index in [9.17, 15) is 31.1 Å². The molecule has 0 aliphatic carbocycles. The Kier molecular flexibility index (Phi) is 5.27. The van der Waals surface area contributed by atoms with Crippen molar-refractivity contribution in [3.63, 3.8) is 0 Å². The minimum absolute atomic E-state index is 0.184. The molecule has 0 aliphatic heterocycles. The third-order valence-electron chi connectivity index (χ3n) is 3.71. The Bertz CT molecular complexity index is 1050. The fourth-order valence-electron chi connectivity index (χ4n) is 2.36. The van der Waals surface area contributed by atoms with Crippen LogP contribution in [0.15, 0.2) is 60.9 Å². The Hall–Kier alpha value is -3.43. The number of alkyl halides is 6. The summed E-state index contributed by atoms with van der Waals surface area (Å²) in [5.41, 5.74) is -2.48. The van der Waals surface area contributed by atoms with Gasteiger partial charge in [-0.1, -0.05) is 18.2 Å². The molecule has 0 fully saturated rings. The maximum absolute atomic E-state index is 12.8. The number of carbonyl (C=O) groups excluding carboxylic acids is 1. The van der Waals surface area contributed by atoms with Crippen molar-refractivity contribution >= 4 is 5.78 Å². The average Bonchev–Trinajstić information content (AvgIpc) is 2.67. The van der Waals surface area contributed by atoms with E-state index in [0.717, 1.165) is 42.7 Å². The summed E-state index contributed by atoms with van der Waals surface area (Å²) in [6.07, 6.45) is -8.28. The third kappa shape index (κ3) is 4.89. The van der Waals surface area contributed by atoms with Crippen molar-refractivity contribution in [1.29, 1.82) is 0 Å². The van der Waals surface area contributed by atoms with Crippen LogP contribution in [0.25, 0.3) is 0 Å². The Morgan fingerprint density at radius 2 is 1.41 bits per heavy atom. The first-order chi connectivity index (χ1) is 13.5. The zero-order chi connectivity index (χ0) is 21.2. The Labute approximate surface area is 159 Å². The van der Waals surface area contributed by atoms with Gasteiger partial charge in [-0.25, -0.2) is 9.97 Å². The zero-order valence-corrected chi connectivity index (χ0v) is 14.3. The fourth-order valence-corrected chi connectivity index (χ4v) is 2.36. The van der Waals surface area contributed by atoms with Crippen LogP contribution in [0.1, 0.15) is 27.2 Å². The second-order valence-electron chi connectivity index (χ2n) is 5.78. The molecular formula is C19H10F6N2O2. The summed E-state index contributed by atoms with van der Waals surface area (Å²) in [6.45, 7) is 0. The lowest BCUT2D eigenvalue weighted by atomic mass is 10.0. The van der Waals surface area contributed by atoms with E-state index in [-0.39, 0.29) is 22.9 Å². The average molecular weight is 412 g/mol. The Balaban J connectivity index is 1.86. The molecule has 1 aromatic heterocycles. The molecule has 0 bridgehead atoms. The van der Waals surface area contributed by atoms with Crippen LogP contribution in [-0.2, 0) is 12.4 Å². The number of ether oxygens (including phenoxy) is 1. The van der Waals surface area contributed by atoms with E-state index in [1.807, 2.05) is 0 Å². The molecule has 0 amide bonds. The second-order valence-corrected chi connectivity index (χ2v) is 5.78. The van der Waals surface area contributed by atoms with E-state index in [4.69, 9.17) is 4.74 Å². The number of rotatable bonds is 4. The van der Waals surface area contributed by atoms with Crippen molar-refractivity contribution in [3.8, 4) is 11.6 Å². The van der Waals surface area contributed by atoms with Crippen LogP contribution >= 0.6 is 0 Å². The highest BCUT2D eigenvalue weighted by molar-refractivity contribution is 6.07. The van der Waals surface area contributed by atoms with Crippen molar-refractivity contribution in [3.05, 3.63) is 83.3 Å². The number of hydrogen-bond donors (Lipinski definition) is 0. The van der Waals surface area contributed by atoms with Gasteiger partial charge < -0.3 is 4.74 Å². The standard InChI is InChI=1S/C19H10F6N2O2/c20-18(21,22)12-4-1-3-11(7-12)17(28)15-9-16(27-10-26-15)29-14-6-2-5-13(8-14)19(23,24)25/h1-10H. The monoisotopic (exact) mass is 412 g/mol. The highest BCUT2D eigenvalue weighted by Gasteiger charge is 2.31. The minimum Gasteiger partial charge on any atom is -0.439 e. The molecule has 10 heteroatoms. The maximum atomic E-state index is 12.8. The van der Waals surface area contributed by atoms with Crippen LogP contribution in [0.3, 0.4) is 0 Å². The smallest absolute Gasteiger partial charge is 0.416 e. The topological polar surface area (TPSA) is 52.1 Å². The van der Waals surface area contributed by atoms with Gasteiger partial charge in [-0.2, -0.15) is 26.3 Å². The van der Waals surface area contributed by atoms with E-state index < -0.39 is 29.3 Å². The Morgan fingerprint density at radius 1 is 0.793 bits per heavy atom. The first kappa shape index (κ1) is 20.3. The lowest BCUT2D eigenvalue weighted by Crippen LogP contribution is -2.09. The summed E-state index contributed by atoms with van der Waals surface area (Å²) in [5, 5.41) is 0. The van der Waals surface area contributed by atoms with Crippen molar-refractivity contribution in [2.45, 2.75) is 12.4 Å². The largest absolute Gasteiger partial charge is 0.439 e. The third-order valence-corrected chi connectivity index (χ3v) is 3.71. The number of halogens is 6. The molecule has 4 nitrogen and oxygen atoms in total. The molecule has 0 saturated carbocycles. The number of aromatic nitrogens is 2. The molecule has 0 saturated heterocycles. The van der Waals surface area contributed by atoms with Crippen molar-refractivity contribution in [2.75, 3.05) is 0 Å². The van der Waals surface area contributed by atoms with E-state index in [1.54, 1.807) is 0 Å². The Morgan fingerprint density at radius 3 is 2.07 bits per heavy atom. The van der Waals surface area contributed by atoms with Crippen molar-refractivity contribution in [2.24, 2.45) is 0 Å². The van der Waals surface area contributed by atoms with Crippen LogP contribution in [-0.4, -0.2) is 15.8 Å². The van der Waals surface area contributed by atoms with Gasteiger partial charge >= 0.3 is 12.4 Å².